The van der Waals surface area contributed by atoms with Crippen molar-refractivity contribution in [3.05, 3.63) is 0 Å². The van der Waals surface area contributed by atoms with Gasteiger partial charge in [-0.3, -0.25) is 4.79 Å². The number of hydrogen-bond acceptors (Lipinski definition) is 2. The SMILES string of the molecule is CCCC(CC)NC(=O)NCC(=O)O. The Hall–Kier alpha value is -1.26. The van der Waals surface area contributed by atoms with E-state index in [-0.39, 0.29) is 12.6 Å². The molecule has 1 atom stereocenters. The van der Waals surface area contributed by atoms with Crippen LogP contribution in [0.1, 0.15) is 33.1 Å². The van der Waals surface area contributed by atoms with Crippen LogP contribution in [0.2, 0.25) is 0 Å². The molecule has 0 spiro atoms. The second kappa shape index (κ2) is 7.17. The van der Waals surface area contributed by atoms with Crippen molar-refractivity contribution in [2.45, 2.75) is 39.2 Å². The minimum absolute atomic E-state index is 0.133. The van der Waals surface area contributed by atoms with Crippen molar-refractivity contribution in [1.82, 2.24) is 10.6 Å². The zero-order chi connectivity index (χ0) is 11.0. The van der Waals surface area contributed by atoms with Crippen LogP contribution in [0.5, 0.6) is 0 Å². The maximum Gasteiger partial charge on any atom is 0.323 e. The summed E-state index contributed by atoms with van der Waals surface area (Å²) in [5.41, 5.74) is 0. The van der Waals surface area contributed by atoms with Crippen LogP contribution in [0, 0.1) is 0 Å². The summed E-state index contributed by atoms with van der Waals surface area (Å²) in [7, 11) is 0. The summed E-state index contributed by atoms with van der Waals surface area (Å²) < 4.78 is 0. The van der Waals surface area contributed by atoms with Crippen molar-refractivity contribution in [3.63, 3.8) is 0 Å². The number of hydrogen-bond donors (Lipinski definition) is 3. The minimum Gasteiger partial charge on any atom is -0.480 e. The molecule has 3 N–H and O–H groups in total. The zero-order valence-electron chi connectivity index (χ0n) is 8.67. The van der Waals surface area contributed by atoms with E-state index in [1.165, 1.54) is 0 Å². The quantitative estimate of drug-likeness (QED) is 0.600. The van der Waals surface area contributed by atoms with E-state index in [0.29, 0.717) is 0 Å². The second-order valence-corrected chi connectivity index (χ2v) is 3.11. The highest BCUT2D eigenvalue weighted by atomic mass is 16.4. The maximum absolute atomic E-state index is 11.1. The molecule has 0 saturated carbocycles. The molecule has 0 rings (SSSR count). The van der Waals surface area contributed by atoms with Gasteiger partial charge in [0.15, 0.2) is 0 Å². The molecule has 0 fully saturated rings. The van der Waals surface area contributed by atoms with Crippen LogP contribution in [0.25, 0.3) is 0 Å². The summed E-state index contributed by atoms with van der Waals surface area (Å²) >= 11 is 0. The lowest BCUT2D eigenvalue weighted by Crippen LogP contribution is -2.43. The van der Waals surface area contributed by atoms with Crippen LogP contribution in [0.3, 0.4) is 0 Å². The molecular formula is C9H18N2O3. The highest BCUT2D eigenvalue weighted by molar-refractivity contribution is 5.79. The van der Waals surface area contributed by atoms with Gasteiger partial charge in [0, 0.05) is 6.04 Å². The molecule has 0 aliphatic heterocycles. The predicted molar refractivity (Wildman–Crippen MR) is 53.2 cm³/mol. The Kier molecular flexibility index (Phi) is 6.53. The Morgan fingerprint density at radius 1 is 1.36 bits per heavy atom. The summed E-state index contributed by atoms with van der Waals surface area (Å²) in [6.07, 6.45) is 2.77. The molecule has 2 amide bonds. The van der Waals surface area contributed by atoms with Crippen molar-refractivity contribution in [2.75, 3.05) is 6.54 Å². The molecule has 82 valence electrons. The molecule has 0 heterocycles. The topological polar surface area (TPSA) is 78.4 Å². The van der Waals surface area contributed by atoms with Crippen LogP contribution in [-0.4, -0.2) is 29.7 Å². The van der Waals surface area contributed by atoms with Crippen molar-refractivity contribution in [3.8, 4) is 0 Å². The van der Waals surface area contributed by atoms with E-state index in [4.69, 9.17) is 5.11 Å². The monoisotopic (exact) mass is 202 g/mol. The lowest BCUT2D eigenvalue weighted by molar-refractivity contribution is -0.135. The normalized spacial score (nSPS) is 11.9. The van der Waals surface area contributed by atoms with Crippen molar-refractivity contribution in [1.29, 1.82) is 0 Å². The number of carbonyl (C=O) groups excluding carboxylic acids is 1. The second-order valence-electron chi connectivity index (χ2n) is 3.11. The van der Waals surface area contributed by atoms with Crippen molar-refractivity contribution < 1.29 is 14.7 Å². The van der Waals surface area contributed by atoms with Gasteiger partial charge >= 0.3 is 12.0 Å². The van der Waals surface area contributed by atoms with Gasteiger partial charge in [-0.05, 0) is 12.8 Å². The number of carbonyl (C=O) groups is 2. The van der Waals surface area contributed by atoms with Crippen LogP contribution in [-0.2, 0) is 4.79 Å². The van der Waals surface area contributed by atoms with E-state index in [1.54, 1.807) is 0 Å². The highest BCUT2D eigenvalue weighted by Gasteiger charge is 2.09. The fraction of sp³-hybridized carbons (Fsp3) is 0.778. The third kappa shape index (κ3) is 6.28. The van der Waals surface area contributed by atoms with E-state index in [0.717, 1.165) is 19.3 Å². The molecule has 1 unspecified atom stereocenters. The Bertz CT molecular complexity index is 194. The maximum atomic E-state index is 11.1. The molecule has 5 nitrogen and oxygen atoms in total. The van der Waals surface area contributed by atoms with Gasteiger partial charge in [0.2, 0.25) is 0 Å². The van der Waals surface area contributed by atoms with E-state index in [1.807, 2.05) is 13.8 Å². The van der Waals surface area contributed by atoms with E-state index in [9.17, 15) is 9.59 Å². The van der Waals surface area contributed by atoms with Gasteiger partial charge in [-0.15, -0.1) is 0 Å². The van der Waals surface area contributed by atoms with E-state index < -0.39 is 12.0 Å². The van der Waals surface area contributed by atoms with Crippen LogP contribution in [0.4, 0.5) is 4.79 Å². The number of nitrogens with one attached hydrogen (secondary N) is 2. The van der Waals surface area contributed by atoms with Gasteiger partial charge in [0.25, 0.3) is 0 Å². The zero-order valence-corrected chi connectivity index (χ0v) is 8.67. The lowest BCUT2D eigenvalue weighted by atomic mass is 10.1. The number of carboxylic acid groups (broad SMARTS) is 1. The Morgan fingerprint density at radius 3 is 2.43 bits per heavy atom. The van der Waals surface area contributed by atoms with Crippen LogP contribution in [0.15, 0.2) is 0 Å². The van der Waals surface area contributed by atoms with Crippen molar-refractivity contribution in [2.24, 2.45) is 0 Å². The average molecular weight is 202 g/mol. The number of aliphatic carboxylic acids is 1. The summed E-state index contributed by atoms with van der Waals surface area (Å²) in [5.74, 6) is -1.04. The number of urea groups is 1. The number of amides is 2. The summed E-state index contributed by atoms with van der Waals surface area (Å²) in [6.45, 7) is 3.69. The summed E-state index contributed by atoms with van der Waals surface area (Å²) in [6, 6.07) is -0.276. The molecule has 0 aromatic carbocycles. The Morgan fingerprint density at radius 2 is 2.00 bits per heavy atom. The van der Waals surface area contributed by atoms with Gasteiger partial charge in [-0.1, -0.05) is 20.3 Å². The summed E-state index contributed by atoms with van der Waals surface area (Å²) in [4.78, 5) is 21.2. The van der Waals surface area contributed by atoms with Gasteiger partial charge in [0.05, 0.1) is 0 Å². The third-order valence-electron chi connectivity index (χ3n) is 1.87. The van der Waals surface area contributed by atoms with Crippen molar-refractivity contribution >= 4 is 12.0 Å². The average Bonchev–Trinajstić information content (AvgIpc) is 2.14. The highest BCUT2D eigenvalue weighted by Crippen LogP contribution is 1.99. The third-order valence-corrected chi connectivity index (χ3v) is 1.87. The first-order valence-corrected chi connectivity index (χ1v) is 4.86. The Labute approximate surface area is 83.9 Å². The predicted octanol–water partition coefficient (Wildman–Crippen LogP) is 0.949. The van der Waals surface area contributed by atoms with E-state index >= 15 is 0 Å². The molecule has 0 aliphatic carbocycles. The fourth-order valence-electron chi connectivity index (χ4n) is 1.12. The Balaban J connectivity index is 3.72. The molecule has 0 radical (unpaired) electrons. The first-order valence-electron chi connectivity index (χ1n) is 4.86. The number of rotatable bonds is 6. The van der Waals surface area contributed by atoms with Crippen LogP contribution >= 0.6 is 0 Å². The first-order chi connectivity index (χ1) is 6.60. The largest absolute Gasteiger partial charge is 0.480 e. The molecular weight excluding hydrogens is 184 g/mol. The molecule has 0 saturated heterocycles. The molecule has 0 aromatic heterocycles. The van der Waals surface area contributed by atoms with Gasteiger partial charge in [-0.25, -0.2) is 4.79 Å². The van der Waals surface area contributed by atoms with Gasteiger partial charge in [-0.2, -0.15) is 0 Å². The summed E-state index contributed by atoms with van der Waals surface area (Å²) in [5, 5.41) is 13.3. The van der Waals surface area contributed by atoms with Gasteiger partial charge < -0.3 is 15.7 Å². The first kappa shape index (κ1) is 12.7. The minimum atomic E-state index is -1.04. The fourth-order valence-corrected chi connectivity index (χ4v) is 1.12. The molecule has 0 bridgehead atoms. The smallest absolute Gasteiger partial charge is 0.323 e. The molecule has 5 heteroatoms. The van der Waals surface area contributed by atoms with Crippen LogP contribution < -0.4 is 10.6 Å². The molecule has 0 aromatic rings. The van der Waals surface area contributed by atoms with Gasteiger partial charge in [0.1, 0.15) is 6.54 Å². The standard InChI is InChI=1S/C9H18N2O3/c1-3-5-7(4-2)11-9(14)10-6-8(12)13/h7H,3-6H2,1-2H3,(H,12,13)(H2,10,11,14). The molecule has 0 aliphatic rings. The molecule has 14 heavy (non-hydrogen) atoms. The van der Waals surface area contributed by atoms with E-state index in [2.05, 4.69) is 10.6 Å². The number of carboxylic acids is 1. The lowest BCUT2D eigenvalue weighted by Gasteiger charge is -2.15.